The lowest BCUT2D eigenvalue weighted by atomic mass is 10.1. The fourth-order valence-corrected chi connectivity index (χ4v) is 2.27. The van der Waals surface area contributed by atoms with Crippen LogP contribution in [0.25, 0.3) is 0 Å². The summed E-state index contributed by atoms with van der Waals surface area (Å²) in [6.07, 6.45) is 2.65. The molecule has 1 amide bonds. The summed E-state index contributed by atoms with van der Waals surface area (Å²) >= 11 is 5.97. The summed E-state index contributed by atoms with van der Waals surface area (Å²) in [5, 5.41) is 0.229. The molecule has 1 aromatic carbocycles. The van der Waals surface area contributed by atoms with E-state index in [0.29, 0.717) is 0 Å². The van der Waals surface area contributed by atoms with Crippen LogP contribution in [-0.2, 0) is 11.3 Å². The molecule has 5 nitrogen and oxygen atoms in total. The zero-order valence-electron chi connectivity index (χ0n) is 12.5. The quantitative estimate of drug-likeness (QED) is 0.805. The third-order valence-corrected chi connectivity index (χ3v) is 3.61. The number of rotatable bonds is 4. The number of methoxy groups -OCH3 is 1. The third-order valence-electron chi connectivity index (χ3n) is 3.26. The van der Waals surface area contributed by atoms with E-state index < -0.39 is 17.7 Å². The molecule has 0 radical (unpaired) electrons. The molecule has 0 spiro atoms. The summed E-state index contributed by atoms with van der Waals surface area (Å²) < 4.78 is 18.5. The van der Waals surface area contributed by atoms with Crippen LogP contribution < -0.4 is 0 Å². The van der Waals surface area contributed by atoms with Gasteiger partial charge in [-0.05, 0) is 18.2 Å². The molecule has 0 unspecified atom stereocenters. The van der Waals surface area contributed by atoms with Crippen LogP contribution in [0.2, 0.25) is 5.02 Å². The van der Waals surface area contributed by atoms with Gasteiger partial charge in [-0.2, -0.15) is 0 Å². The number of hydrogen-bond donors (Lipinski definition) is 0. The van der Waals surface area contributed by atoms with Crippen LogP contribution in [0, 0.1) is 5.82 Å². The summed E-state index contributed by atoms with van der Waals surface area (Å²) in [6.45, 7) is -0.0344. The molecule has 23 heavy (non-hydrogen) atoms. The van der Waals surface area contributed by atoms with Crippen LogP contribution in [-0.4, -0.2) is 35.9 Å². The lowest BCUT2D eigenvalue weighted by Gasteiger charge is -2.19. The van der Waals surface area contributed by atoms with Crippen molar-refractivity contribution in [3.05, 3.63) is 64.2 Å². The van der Waals surface area contributed by atoms with Crippen LogP contribution >= 0.6 is 11.6 Å². The van der Waals surface area contributed by atoms with Crippen LogP contribution in [0.5, 0.6) is 0 Å². The zero-order valence-corrected chi connectivity index (χ0v) is 13.3. The van der Waals surface area contributed by atoms with Crippen molar-refractivity contribution >= 4 is 23.5 Å². The van der Waals surface area contributed by atoms with Gasteiger partial charge < -0.3 is 9.64 Å². The first-order valence-corrected chi connectivity index (χ1v) is 7.04. The molecule has 2 rings (SSSR count). The molecule has 0 atom stereocenters. The van der Waals surface area contributed by atoms with E-state index in [1.807, 2.05) is 0 Å². The average Bonchev–Trinajstić information content (AvgIpc) is 2.56. The number of halogens is 2. The number of nitrogens with zero attached hydrogens (tertiary/aromatic N) is 2. The maximum Gasteiger partial charge on any atom is 0.340 e. The van der Waals surface area contributed by atoms with Crippen LogP contribution in [0.4, 0.5) is 4.39 Å². The summed E-state index contributed by atoms with van der Waals surface area (Å²) in [5.74, 6) is -1.63. The van der Waals surface area contributed by atoms with Crippen molar-refractivity contribution in [2.75, 3.05) is 14.2 Å². The minimum Gasteiger partial charge on any atom is -0.465 e. The highest BCUT2D eigenvalue weighted by molar-refractivity contribution is 6.31. The van der Waals surface area contributed by atoms with Gasteiger partial charge in [-0.25, -0.2) is 9.18 Å². The average molecular weight is 337 g/mol. The summed E-state index contributed by atoms with van der Waals surface area (Å²) in [4.78, 5) is 29.3. The number of pyridine rings is 1. The molecule has 0 aliphatic heterocycles. The van der Waals surface area contributed by atoms with E-state index in [1.54, 1.807) is 6.07 Å². The van der Waals surface area contributed by atoms with E-state index in [4.69, 9.17) is 11.6 Å². The molecule has 2 aromatic rings. The smallest absolute Gasteiger partial charge is 0.340 e. The number of esters is 1. The highest BCUT2D eigenvalue weighted by Gasteiger charge is 2.22. The predicted octanol–water partition coefficient (Wildman–Crippen LogP) is 2.93. The number of carbonyl (C=O) groups excluding carboxylic acids is 2. The third kappa shape index (κ3) is 3.65. The monoisotopic (exact) mass is 336 g/mol. The largest absolute Gasteiger partial charge is 0.465 e. The second-order valence-corrected chi connectivity index (χ2v) is 5.18. The topological polar surface area (TPSA) is 59.5 Å². The summed E-state index contributed by atoms with van der Waals surface area (Å²) in [7, 11) is 2.71. The van der Waals surface area contributed by atoms with Crippen LogP contribution in [0.3, 0.4) is 0 Å². The van der Waals surface area contributed by atoms with Crippen molar-refractivity contribution < 1.29 is 18.7 Å². The van der Waals surface area contributed by atoms with E-state index in [9.17, 15) is 14.0 Å². The lowest BCUT2D eigenvalue weighted by molar-refractivity contribution is 0.0591. The molecular formula is C16H14ClFN2O3. The standard InChI is InChI=1S/C16H14ClFN2O3/c1-20(9-12-13(17)4-3-5-14(12)18)15(21)10-6-7-19-8-11(10)16(22)23-2/h3-8H,9H2,1-2H3. The fourth-order valence-electron chi connectivity index (χ4n) is 2.05. The lowest BCUT2D eigenvalue weighted by Crippen LogP contribution is -2.28. The minimum absolute atomic E-state index is 0.0344. The van der Waals surface area contributed by atoms with Gasteiger partial charge in [0.15, 0.2) is 0 Å². The van der Waals surface area contributed by atoms with Crippen LogP contribution in [0.15, 0.2) is 36.7 Å². The van der Waals surface area contributed by atoms with Crippen LogP contribution in [0.1, 0.15) is 26.3 Å². The maximum absolute atomic E-state index is 13.8. The van der Waals surface area contributed by atoms with E-state index in [-0.39, 0.29) is 28.3 Å². The van der Waals surface area contributed by atoms with Gasteiger partial charge in [-0.1, -0.05) is 17.7 Å². The fraction of sp³-hybridized carbons (Fsp3) is 0.188. The number of benzene rings is 1. The number of aromatic nitrogens is 1. The molecule has 1 heterocycles. The maximum atomic E-state index is 13.8. The van der Waals surface area contributed by atoms with Crippen molar-refractivity contribution in [1.82, 2.24) is 9.88 Å². The number of carbonyl (C=O) groups is 2. The molecular weight excluding hydrogens is 323 g/mol. The number of hydrogen-bond acceptors (Lipinski definition) is 4. The zero-order chi connectivity index (χ0) is 17.0. The number of amides is 1. The Bertz CT molecular complexity index is 732. The molecule has 1 aromatic heterocycles. The van der Waals surface area contributed by atoms with Gasteiger partial charge in [0, 0.05) is 36.6 Å². The number of ether oxygens (including phenoxy) is 1. The van der Waals surface area contributed by atoms with Crippen molar-refractivity contribution in [1.29, 1.82) is 0 Å². The molecule has 0 saturated heterocycles. The Kier molecular flexibility index (Phi) is 5.28. The van der Waals surface area contributed by atoms with Gasteiger partial charge in [-0.3, -0.25) is 9.78 Å². The first kappa shape index (κ1) is 16.9. The van der Waals surface area contributed by atoms with E-state index in [0.717, 1.165) is 0 Å². The summed E-state index contributed by atoms with van der Waals surface area (Å²) in [6, 6.07) is 5.71. The molecule has 0 aliphatic carbocycles. The van der Waals surface area contributed by atoms with Crippen molar-refractivity contribution in [2.24, 2.45) is 0 Å². The molecule has 0 N–H and O–H groups in total. The molecule has 0 bridgehead atoms. The molecule has 7 heteroatoms. The van der Waals surface area contributed by atoms with Gasteiger partial charge >= 0.3 is 5.97 Å². The van der Waals surface area contributed by atoms with Gasteiger partial charge in [0.05, 0.1) is 18.2 Å². The molecule has 120 valence electrons. The van der Waals surface area contributed by atoms with Gasteiger partial charge in [0.2, 0.25) is 0 Å². The van der Waals surface area contributed by atoms with Gasteiger partial charge in [-0.15, -0.1) is 0 Å². The Hall–Kier alpha value is -2.47. The van der Waals surface area contributed by atoms with Crippen molar-refractivity contribution in [2.45, 2.75) is 6.54 Å². The van der Waals surface area contributed by atoms with E-state index in [1.165, 1.54) is 49.7 Å². The normalized spacial score (nSPS) is 10.3. The Morgan fingerprint density at radius 3 is 2.70 bits per heavy atom. The minimum atomic E-state index is -0.668. The molecule has 0 fully saturated rings. The van der Waals surface area contributed by atoms with Gasteiger partial charge in [0.1, 0.15) is 5.82 Å². The van der Waals surface area contributed by atoms with Gasteiger partial charge in [0.25, 0.3) is 5.91 Å². The second kappa shape index (κ2) is 7.19. The first-order chi connectivity index (χ1) is 11.0. The highest BCUT2D eigenvalue weighted by Crippen LogP contribution is 2.21. The Morgan fingerprint density at radius 1 is 1.30 bits per heavy atom. The second-order valence-electron chi connectivity index (χ2n) is 4.77. The Morgan fingerprint density at radius 2 is 2.04 bits per heavy atom. The van der Waals surface area contributed by atoms with Crippen molar-refractivity contribution in [3.8, 4) is 0 Å². The Labute approximate surface area is 137 Å². The first-order valence-electron chi connectivity index (χ1n) is 6.66. The summed E-state index contributed by atoms with van der Waals surface area (Å²) in [5.41, 5.74) is 0.381. The van der Waals surface area contributed by atoms with E-state index in [2.05, 4.69) is 9.72 Å². The molecule has 0 aliphatic rings. The molecule has 0 saturated carbocycles. The predicted molar refractivity (Wildman–Crippen MR) is 82.8 cm³/mol. The van der Waals surface area contributed by atoms with Crippen molar-refractivity contribution in [3.63, 3.8) is 0 Å². The highest BCUT2D eigenvalue weighted by atomic mass is 35.5. The van der Waals surface area contributed by atoms with E-state index >= 15 is 0 Å². The Balaban J connectivity index is 2.29. The SMILES string of the molecule is COC(=O)c1cnccc1C(=O)N(C)Cc1c(F)cccc1Cl.